The number of rotatable bonds is 2. The molecule has 0 saturated heterocycles. The van der Waals surface area contributed by atoms with E-state index in [0.717, 1.165) is 12.1 Å². The van der Waals surface area contributed by atoms with Gasteiger partial charge in [-0.05, 0) is 6.07 Å². The van der Waals surface area contributed by atoms with Gasteiger partial charge in [-0.1, -0.05) is 11.6 Å². The maximum absolute atomic E-state index is 10.4. The van der Waals surface area contributed by atoms with Gasteiger partial charge in [0.05, 0.1) is 10.5 Å². The van der Waals surface area contributed by atoms with Gasteiger partial charge >= 0.3 is 0 Å². The fourth-order valence-electron chi connectivity index (χ4n) is 0.824. The van der Waals surface area contributed by atoms with Crippen molar-refractivity contribution in [3.05, 3.63) is 32.8 Å². The van der Waals surface area contributed by atoms with Crippen molar-refractivity contribution < 1.29 is 14.8 Å². The van der Waals surface area contributed by atoms with E-state index in [1.54, 1.807) is 0 Å². The lowest BCUT2D eigenvalue weighted by molar-refractivity contribution is -0.384. The van der Waals surface area contributed by atoms with Crippen LogP contribution in [0.2, 0.25) is 5.02 Å². The minimum Gasteiger partial charge on any atom is -0.507 e. The van der Waals surface area contributed by atoms with Crippen LogP contribution in [0.25, 0.3) is 0 Å². The fraction of sp³-hybridized carbons (Fsp3) is 0. The van der Waals surface area contributed by atoms with Crippen LogP contribution in [0.15, 0.2) is 12.1 Å². The number of aldehydes is 1. The Hall–Kier alpha value is -1.62. The molecule has 13 heavy (non-hydrogen) atoms. The summed E-state index contributed by atoms with van der Waals surface area (Å²) in [6, 6.07) is 2.08. The molecule has 68 valence electrons. The molecular formula is C7H4ClNO4. The number of hydrogen-bond donors (Lipinski definition) is 1. The van der Waals surface area contributed by atoms with Gasteiger partial charge in [-0.15, -0.1) is 0 Å². The molecule has 0 saturated carbocycles. The van der Waals surface area contributed by atoms with E-state index in [2.05, 4.69) is 0 Å². The standard InChI is InChI=1S/C7H4ClNO4/c8-7-4(3-10)6(11)2-1-5(7)9(12)13/h1-3,11H. The molecule has 0 amide bonds. The Balaban J connectivity index is 3.44. The number of nitro groups is 1. The van der Waals surface area contributed by atoms with Crippen LogP contribution in [0.1, 0.15) is 10.4 Å². The summed E-state index contributed by atoms with van der Waals surface area (Å²) in [7, 11) is 0. The number of aromatic hydroxyl groups is 1. The van der Waals surface area contributed by atoms with Crippen molar-refractivity contribution in [1.82, 2.24) is 0 Å². The Morgan fingerprint density at radius 3 is 2.62 bits per heavy atom. The van der Waals surface area contributed by atoms with Gasteiger partial charge in [0.25, 0.3) is 5.69 Å². The van der Waals surface area contributed by atoms with Crippen molar-refractivity contribution in [2.45, 2.75) is 0 Å². The van der Waals surface area contributed by atoms with Gasteiger partial charge in [0.1, 0.15) is 10.8 Å². The van der Waals surface area contributed by atoms with Gasteiger partial charge in [0, 0.05) is 6.07 Å². The second-order valence-electron chi connectivity index (χ2n) is 2.21. The van der Waals surface area contributed by atoms with E-state index in [9.17, 15) is 14.9 Å². The van der Waals surface area contributed by atoms with E-state index in [1.165, 1.54) is 0 Å². The van der Waals surface area contributed by atoms with E-state index in [-0.39, 0.29) is 22.6 Å². The highest BCUT2D eigenvalue weighted by Gasteiger charge is 2.18. The van der Waals surface area contributed by atoms with Gasteiger partial charge in [0.2, 0.25) is 0 Å². The third-order valence-electron chi connectivity index (χ3n) is 1.45. The summed E-state index contributed by atoms with van der Waals surface area (Å²) in [5.74, 6) is -0.370. The molecule has 0 radical (unpaired) electrons. The number of benzene rings is 1. The summed E-state index contributed by atoms with van der Waals surface area (Å²) in [6.07, 6.45) is 0.269. The van der Waals surface area contributed by atoms with Crippen molar-refractivity contribution in [3.8, 4) is 5.75 Å². The molecular weight excluding hydrogens is 198 g/mol. The Bertz CT molecular complexity index is 377. The highest BCUT2D eigenvalue weighted by molar-refractivity contribution is 6.35. The minimum atomic E-state index is -0.727. The number of nitro benzene ring substituents is 1. The summed E-state index contributed by atoms with van der Waals surface area (Å²) >= 11 is 5.48. The molecule has 1 N–H and O–H groups in total. The Kier molecular flexibility index (Phi) is 2.48. The maximum atomic E-state index is 10.4. The molecule has 1 aromatic carbocycles. The van der Waals surface area contributed by atoms with Crippen molar-refractivity contribution in [2.75, 3.05) is 0 Å². The lowest BCUT2D eigenvalue weighted by Crippen LogP contribution is -1.92. The first-order valence-electron chi connectivity index (χ1n) is 3.19. The molecule has 0 spiro atoms. The molecule has 0 unspecified atom stereocenters. The first-order valence-corrected chi connectivity index (χ1v) is 3.56. The van der Waals surface area contributed by atoms with E-state index < -0.39 is 10.6 Å². The molecule has 0 heterocycles. The molecule has 5 nitrogen and oxygen atoms in total. The van der Waals surface area contributed by atoms with Crippen molar-refractivity contribution in [3.63, 3.8) is 0 Å². The van der Waals surface area contributed by atoms with Gasteiger partial charge in [0.15, 0.2) is 6.29 Å². The molecule has 1 rings (SSSR count). The second kappa shape index (κ2) is 3.40. The smallest absolute Gasteiger partial charge is 0.288 e. The molecule has 0 atom stereocenters. The highest BCUT2D eigenvalue weighted by Crippen LogP contribution is 2.32. The molecule has 0 bridgehead atoms. The summed E-state index contributed by atoms with van der Waals surface area (Å²) in [5, 5.41) is 19.0. The molecule has 1 aromatic rings. The van der Waals surface area contributed by atoms with Crippen LogP contribution in [0, 0.1) is 10.1 Å². The SMILES string of the molecule is O=Cc1c(O)ccc([N+](=O)[O-])c1Cl. The zero-order valence-corrected chi connectivity index (χ0v) is 6.99. The monoisotopic (exact) mass is 201 g/mol. The third-order valence-corrected chi connectivity index (χ3v) is 1.85. The average molecular weight is 202 g/mol. The van der Waals surface area contributed by atoms with E-state index in [0.29, 0.717) is 0 Å². The summed E-state index contributed by atoms with van der Waals surface area (Å²) in [4.78, 5) is 20.0. The average Bonchev–Trinajstić information content (AvgIpc) is 2.04. The van der Waals surface area contributed by atoms with Crippen LogP contribution < -0.4 is 0 Å². The predicted molar refractivity (Wildman–Crippen MR) is 45.2 cm³/mol. The second-order valence-corrected chi connectivity index (χ2v) is 2.58. The first kappa shape index (κ1) is 9.47. The topological polar surface area (TPSA) is 80.4 Å². The van der Waals surface area contributed by atoms with Gasteiger partial charge in [-0.2, -0.15) is 0 Å². The van der Waals surface area contributed by atoms with Crippen LogP contribution in [0.3, 0.4) is 0 Å². The van der Waals surface area contributed by atoms with E-state index in [1.807, 2.05) is 0 Å². The minimum absolute atomic E-state index is 0.268. The molecule has 0 aliphatic heterocycles. The quantitative estimate of drug-likeness (QED) is 0.449. The number of nitrogens with zero attached hydrogens (tertiary/aromatic N) is 1. The van der Waals surface area contributed by atoms with Crippen LogP contribution in [0.5, 0.6) is 5.75 Å². The van der Waals surface area contributed by atoms with Crippen LogP contribution in [-0.2, 0) is 0 Å². The van der Waals surface area contributed by atoms with Crippen molar-refractivity contribution in [1.29, 1.82) is 0 Å². The lowest BCUT2D eigenvalue weighted by atomic mass is 10.2. The number of carbonyl (C=O) groups is 1. The summed E-state index contributed by atoms with van der Waals surface area (Å²) < 4.78 is 0. The first-order chi connectivity index (χ1) is 6.07. The molecule has 0 aromatic heterocycles. The normalized spacial score (nSPS) is 9.62. The zero-order chi connectivity index (χ0) is 10.0. The van der Waals surface area contributed by atoms with Crippen molar-refractivity contribution >= 4 is 23.6 Å². The van der Waals surface area contributed by atoms with E-state index >= 15 is 0 Å². The third kappa shape index (κ3) is 1.59. The Morgan fingerprint density at radius 2 is 2.15 bits per heavy atom. The van der Waals surface area contributed by atoms with Crippen LogP contribution in [0.4, 0.5) is 5.69 Å². The van der Waals surface area contributed by atoms with Gasteiger partial charge in [-0.3, -0.25) is 14.9 Å². The number of hydrogen-bond acceptors (Lipinski definition) is 4. The Morgan fingerprint density at radius 1 is 1.54 bits per heavy atom. The van der Waals surface area contributed by atoms with Crippen LogP contribution >= 0.6 is 11.6 Å². The van der Waals surface area contributed by atoms with E-state index in [4.69, 9.17) is 16.7 Å². The van der Waals surface area contributed by atoms with Gasteiger partial charge < -0.3 is 5.11 Å². The predicted octanol–water partition coefficient (Wildman–Crippen LogP) is 1.77. The molecule has 0 fully saturated rings. The number of halogens is 1. The number of carbonyl (C=O) groups excluding carboxylic acids is 1. The highest BCUT2D eigenvalue weighted by atomic mass is 35.5. The van der Waals surface area contributed by atoms with Crippen molar-refractivity contribution in [2.24, 2.45) is 0 Å². The molecule has 0 aliphatic carbocycles. The number of phenols is 1. The lowest BCUT2D eigenvalue weighted by Gasteiger charge is -1.99. The number of phenolic OH excluding ortho intramolecular Hbond substituents is 1. The zero-order valence-electron chi connectivity index (χ0n) is 6.23. The van der Waals surface area contributed by atoms with Gasteiger partial charge in [-0.25, -0.2) is 0 Å². The molecule has 6 heteroatoms. The summed E-state index contributed by atoms with van der Waals surface area (Å²) in [5.41, 5.74) is -0.669. The fourth-order valence-corrected chi connectivity index (χ4v) is 1.10. The maximum Gasteiger partial charge on any atom is 0.288 e. The largest absolute Gasteiger partial charge is 0.507 e. The summed E-state index contributed by atoms with van der Waals surface area (Å²) in [6.45, 7) is 0. The van der Waals surface area contributed by atoms with Crippen LogP contribution in [-0.4, -0.2) is 16.3 Å². The molecule has 0 aliphatic rings. The Labute approximate surface area is 77.7 Å².